The van der Waals surface area contributed by atoms with Crippen LogP contribution in [-0.4, -0.2) is 39.4 Å². The van der Waals surface area contributed by atoms with Gasteiger partial charge in [-0.3, -0.25) is 4.79 Å². The molecular weight excluding hydrogens is 270 g/mol. The number of aryl methyl sites for hydroxylation is 1. The highest BCUT2D eigenvalue weighted by atomic mass is 16.5. The van der Waals surface area contributed by atoms with Gasteiger partial charge in [0.1, 0.15) is 0 Å². The van der Waals surface area contributed by atoms with Gasteiger partial charge in [0.15, 0.2) is 18.1 Å². The van der Waals surface area contributed by atoms with Crippen LogP contribution in [0.3, 0.4) is 0 Å². The highest BCUT2D eigenvalue weighted by Crippen LogP contribution is 2.27. The van der Waals surface area contributed by atoms with Gasteiger partial charge in [0, 0.05) is 6.54 Å². The van der Waals surface area contributed by atoms with E-state index in [-0.39, 0.29) is 12.5 Å². The third-order valence-corrected chi connectivity index (χ3v) is 2.59. The number of methoxy groups -OCH3 is 1. The summed E-state index contributed by atoms with van der Waals surface area (Å²) in [5.74, 6) is 0.973. The zero-order valence-electron chi connectivity index (χ0n) is 12.9. The van der Waals surface area contributed by atoms with E-state index in [2.05, 4.69) is 11.9 Å². The van der Waals surface area contributed by atoms with Crippen molar-refractivity contribution in [2.24, 2.45) is 0 Å². The molecule has 1 N–H and O–H groups in total. The first-order valence-electron chi connectivity index (χ1n) is 6.79. The fourth-order valence-electron chi connectivity index (χ4n) is 1.60. The summed E-state index contributed by atoms with van der Waals surface area (Å²) < 4.78 is 15.9. The molecule has 5 nitrogen and oxygen atoms in total. The van der Waals surface area contributed by atoms with Crippen LogP contribution in [0.4, 0.5) is 0 Å². The molecule has 0 bridgehead atoms. The van der Waals surface area contributed by atoms with Gasteiger partial charge < -0.3 is 19.5 Å². The molecule has 5 heteroatoms. The van der Waals surface area contributed by atoms with Gasteiger partial charge in [0.25, 0.3) is 5.91 Å². The van der Waals surface area contributed by atoms with Crippen LogP contribution in [-0.2, 0) is 9.53 Å². The van der Waals surface area contributed by atoms with E-state index >= 15 is 0 Å². The lowest BCUT2D eigenvalue weighted by Crippen LogP contribution is -2.31. The maximum absolute atomic E-state index is 11.6. The van der Waals surface area contributed by atoms with Crippen molar-refractivity contribution in [3.63, 3.8) is 0 Å². The van der Waals surface area contributed by atoms with Crippen LogP contribution in [0.25, 0.3) is 0 Å². The fourth-order valence-corrected chi connectivity index (χ4v) is 1.60. The Morgan fingerprint density at radius 3 is 2.71 bits per heavy atom. The minimum atomic E-state index is -0.198. The zero-order chi connectivity index (χ0) is 15.7. The molecular formula is C16H23NO4. The molecule has 0 saturated heterocycles. The Hall–Kier alpha value is -2.01. The predicted octanol–water partition coefficient (Wildman–Crippen LogP) is 2.09. The van der Waals surface area contributed by atoms with Crippen molar-refractivity contribution in [3.8, 4) is 11.5 Å². The van der Waals surface area contributed by atoms with E-state index in [1.807, 2.05) is 26.0 Å². The Labute approximate surface area is 125 Å². The topological polar surface area (TPSA) is 56.8 Å². The summed E-state index contributed by atoms with van der Waals surface area (Å²) in [5, 5.41) is 2.72. The maximum atomic E-state index is 11.6. The molecule has 116 valence electrons. The smallest absolute Gasteiger partial charge is 0.258 e. The van der Waals surface area contributed by atoms with Crippen LogP contribution >= 0.6 is 0 Å². The van der Waals surface area contributed by atoms with Crippen LogP contribution in [0.15, 0.2) is 30.4 Å². The molecule has 21 heavy (non-hydrogen) atoms. The zero-order valence-corrected chi connectivity index (χ0v) is 12.9. The van der Waals surface area contributed by atoms with Gasteiger partial charge in [-0.25, -0.2) is 0 Å². The van der Waals surface area contributed by atoms with E-state index in [4.69, 9.17) is 14.2 Å². The molecule has 0 unspecified atom stereocenters. The first-order valence-corrected chi connectivity index (χ1v) is 6.79. The normalized spacial score (nSPS) is 10.0. The van der Waals surface area contributed by atoms with Gasteiger partial charge in [-0.05, 0) is 31.5 Å². The molecule has 0 aliphatic carbocycles. The second kappa shape index (κ2) is 9.02. The minimum Gasteiger partial charge on any atom is -0.493 e. The number of ether oxygens (including phenoxy) is 3. The lowest BCUT2D eigenvalue weighted by molar-refractivity contribution is -0.123. The number of hydrogen-bond acceptors (Lipinski definition) is 4. The van der Waals surface area contributed by atoms with Crippen LogP contribution in [0.5, 0.6) is 11.5 Å². The van der Waals surface area contributed by atoms with Crippen molar-refractivity contribution >= 4 is 5.91 Å². The lowest BCUT2D eigenvalue weighted by atomic mass is 10.2. The number of carbonyl (C=O) groups is 1. The average Bonchev–Trinajstić information content (AvgIpc) is 2.45. The summed E-state index contributed by atoms with van der Waals surface area (Å²) in [7, 11) is 1.57. The van der Waals surface area contributed by atoms with E-state index < -0.39 is 0 Å². The first kappa shape index (κ1) is 17.0. The van der Waals surface area contributed by atoms with Gasteiger partial charge in [-0.2, -0.15) is 0 Å². The number of amides is 1. The SMILES string of the molecule is C=C(C)COCCNC(=O)COc1ccc(C)cc1OC. The molecule has 0 fully saturated rings. The molecule has 0 aliphatic rings. The molecule has 0 saturated carbocycles. The molecule has 0 aromatic heterocycles. The summed E-state index contributed by atoms with van der Waals surface area (Å²) in [6, 6.07) is 5.55. The van der Waals surface area contributed by atoms with Crippen molar-refractivity contribution < 1.29 is 19.0 Å². The molecule has 0 spiro atoms. The van der Waals surface area contributed by atoms with Gasteiger partial charge in [-0.15, -0.1) is 0 Å². The van der Waals surface area contributed by atoms with Gasteiger partial charge in [0.2, 0.25) is 0 Å². The quantitative estimate of drug-likeness (QED) is 0.559. The Morgan fingerprint density at radius 1 is 1.29 bits per heavy atom. The van der Waals surface area contributed by atoms with Crippen LogP contribution in [0.2, 0.25) is 0 Å². The number of nitrogens with one attached hydrogen (secondary N) is 1. The van der Waals surface area contributed by atoms with Crippen molar-refractivity contribution in [1.82, 2.24) is 5.32 Å². The third-order valence-electron chi connectivity index (χ3n) is 2.59. The van der Waals surface area contributed by atoms with Gasteiger partial charge in [0.05, 0.1) is 20.3 Å². The highest BCUT2D eigenvalue weighted by molar-refractivity contribution is 5.77. The third kappa shape index (κ3) is 6.81. The van der Waals surface area contributed by atoms with Crippen molar-refractivity contribution in [2.45, 2.75) is 13.8 Å². The number of hydrogen-bond donors (Lipinski definition) is 1. The standard InChI is InChI=1S/C16H23NO4/c1-12(2)10-20-8-7-17-16(18)11-21-14-6-5-13(3)9-15(14)19-4/h5-6,9H,1,7-8,10-11H2,2-4H3,(H,17,18). The first-order chi connectivity index (χ1) is 10.0. The number of benzene rings is 1. The molecule has 0 heterocycles. The minimum absolute atomic E-state index is 0.0556. The molecule has 0 aliphatic heterocycles. The summed E-state index contributed by atoms with van der Waals surface area (Å²) in [5.41, 5.74) is 2.02. The maximum Gasteiger partial charge on any atom is 0.258 e. The molecule has 1 aromatic carbocycles. The summed E-state index contributed by atoms with van der Waals surface area (Å²) in [6.07, 6.45) is 0. The molecule has 0 radical (unpaired) electrons. The Bertz CT molecular complexity index is 485. The number of carbonyl (C=O) groups excluding carboxylic acids is 1. The molecule has 1 aromatic rings. The summed E-state index contributed by atoms with van der Waals surface area (Å²) in [4.78, 5) is 11.6. The lowest BCUT2D eigenvalue weighted by Gasteiger charge is -2.11. The Morgan fingerprint density at radius 2 is 2.05 bits per heavy atom. The van der Waals surface area contributed by atoms with Gasteiger partial charge >= 0.3 is 0 Å². The van der Waals surface area contributed by atoms with Crippen LogP contribution < -0.4 is 14.8 Å². The second-order valence-corrected chi connectivity index (χ2v) is 4.80. The second-order valence-electron chi connectivity index (χ2n) is 4.80. The molecule has 1 amide bonds. The van der Waals surface area contributed by atoms with Crippen LogP contribution in [0, 0.1) is 6.92 Å². The van der Waals surface area contributed by atoms with E-state index in [0.717, 1.165) is 11.1 Å². The van der Waals surface area contributed by atoms with Crippen molar-refractivity contribution in [3.05, 3.63) is 35.9 Å². The number of rotatable bonds is 9. The summed E-state index contributed by atoms with van der Waals surface area (Å²) in [6.45, 7) is 8.93. The van der Waals surface area contributed by atoms with E-state index in [1.165, 1.54) is 0 Å². The van der Waals surface area contributed by atoms with E-state index in [1.54, 1.807) is 13.2 Å². The highest BCUT2D eigenvalue weighted by Gasteiger charge is 2.07. The predicted molar refractivity (Wildman–Crippen MR) is 81.9 cm³/mol. The average molecular weight is 293 g/mol. The summed E-state index contributed by atoms with van der Waals surface area (Å²) >= 11 is 0. The van der Waals surface area contributed by atoms with Crippen molar-refractivity contribution in [1.29, 1.82) is 0 Å². The Kier molecular flexibility index (Phi) is 7.32. The van der Waals surface area contributed by atoms with Crippen molar-refractivity contribution in [2.75, 3.05) is 33.5 Å². The molecule has 1 rings (SSSR count). The van der Waals surface area contributed by atoms with Gasteiger partial charge in [-0.1, -0.05) is 18.2 Å². The largest absolute Gasteiger partial charge is 0.493 e. The van der Waals surface area contributed by atoms with E-state index in [0.29, 0.717) is 31.3 Å². The fraction of sp³-hybridized carbons (Fsp3) is 0.438. The molecule has 0 atom stereocenters. The monoisotopic (exact) mass is 293 g/mol. The van der Waals surface area contributed by atoms with Crippen LogP contribution in [0.1, 0.15) is 12.5 Å². The Balaban J connectivity index is 2.28. The van der Waals surface area contributed by atoms with E-state index in [9.17, 15) is 4.79 Å².